The highest BCUT2D eigenvalue weighted by Crippen LogP contribution is 2.55. The van der Waals surface area contributed by atoms with Gasteiger partial charge in [0.25, 0.3) is 0 Å². The minimum absolute atomic E-state index is 0.282. The van der Waals surface area contributed by atoms with Crippen LogP contribution in [-0.2, 0) is 5.41 Å². The third-order valence-corrected chi connectivity index (χ3v) is 6.20. The van der Waals surface area contributed by atoms with E-state index in [1.54, 1.807) is 12.4 Å². The molecular weight excluding hydrogens is 368 g/mol. The van der Waals surface area contributed by atoms with Gasteiger partial charge in [-0.25, -0.2) is 0 Å². The Hall–Kier alpha value is -3.79. The van der Waals surface area contributed by atoms with Crippen LogP contribution in [0, 0.1) is 0 Å². The van der Waals surface area contributed by atoms with Gasteiger partial charge < -0.3 is 9.80 Å². The van der Waals surface area contributed by atoms with Gasteiger partial charge in [0.15, 0.2) is 0 Å². The fraction of sp³-hybridized carbons (Fsp3) is 0.115. The van der Waals surface area contributed by atoms with Crippen molar-refractivity contribution in [3.05, 3.63) is 120 Å². The largest absolute Gasteiger partial charge is 0.361 e. The summed E-state index contributed by atoms with van der Waals surface area (Å²) in [5, 5.41) is 7.56. The molecule has 1 aromatic heterocycles. The minimum atomic E-state index is -2.16. The third kappa shape index (κ3) is 2.25. The lowest BCUT2D eigenvalue weighted by molar-refractivity contribution is 0.495. The van der Waals surface area contributed by atoms with Crippen molar-refractivity contribution in [1.29, 1.82) is 0 Å². The molecule has 4 aromatic rings. The Morgan fingerprint density at radius 2 is 1.67 bits per heavy atom. The van der Waals surface area contributed by atoms with E-state index in [0.29, 0.717) is 0 Å². The van der Waals surface area contributed by atoms with Crippen LogP contribution in [0.5, 0.6) is 0 Å². The Morgan fingerprint density at radius 3 is 2.33 bits per heavy atom. The lowest BCUT2D eigenvalue weighted by Crippen LogP contribution is -2.29. The average Bonchev–Trinajstić information content (AvgIpc) is 3.57. The van der Waals surface area contributed by atoms with Crippen LogP contribution < -0.4 is 4.90 Å². The summed E-state index contributed by atoms with van der Waals surface area (Å²) in [6, 6.07) is 27.4. The highest BCUT2D eigenvalue weighted by Gasteiger charge is 2.47. The smallest absolute Gasteiger partial charge is 0.0938 e. The third-order valence-electron chi connectivity index (χ3n) is 6.20. The van der Waals surface area contributed by atoms with Crippen LogP contribution in [0.15, 0.2) is 97.5 Å². The summed E-state index contributed by atoms with van der Waals surface area (Å²) < 4.78 is 23.2. The van der Waals surface area contributed by atoms with Crippen molar-refractivity contribution in [1.82, 2.24) is 15.1 Å². The standard InChI is InChI=1S/C26H22N4/c1-29-15-16-30(18-29)20-8-6-7-19(17-20)26(25-13-14-27-28-25)23-11-4-2-9-21(23)22-10-3-5-12-24(22)26/h2-17H,18H2,1H3,(H,27,28)/i1D3. The first kappa shape index (κ1) is 14.2. The molecule has 4 heteroatoms. The number of fused-ring (bicyclic) bond motifs is 3. The quantitative estimate of drug-likeness (QED) is 0.471. The fourth-order valence-corrected chi connectivity index (χ4v) is 4.96. The van der Waals surface area contributed by atoms with Crippen molar-refractivity contribution in [2.45, 2.75) is 5.41 Å². The summed E-state index contributed by atoms with van der Waals surface area (Å²) in [4.78, 5) is 3.33. The molecule has 0 bridgehead atoms. The number of anilines is 1. The summed E-state index contributed by atoms with van der Waals surface area (Å²) in [5.41, 5.74) is 7.32. The van der Waals surface area contributed by atoms with Gasteiger partial charge in [0, 0.05) is 35.4 Å². The molecule has 0 spiro atoms. The first-order valence-electron chi connectivity index (χ1n) is 11.5. The predicted molar refractivity (Wildman–Crippen MR) is 120 cm³/mol. The van der Waals surface area contributed by atoms with Crippen LogP contribution in [0.3, 0.4) is 0 Å². The van der Waals surface area contributed by atoms with Crippen molar-refractivity contribution in [2.24, 2.45) is 0 Å². The van der Waals surface area contributed by atoms with E-state index in [9.17, 15) is 0 Å². The van der Waals surface area contributed by atoms with Gasteiger partial charge in [-0.3, -0.25) is 5.10 Å². The summed E-state index contributed by atoms with van der Waals surface area (Å²) in [5.74, 6) is 0. The normalized spacial score (nSPS) is 17.9. The van der Waals surface area contributed by atoms with Gasteiger partial charge >= 0.3 is 0 Å². The van der Waals surface area contributed by atoms with Gasteiger partial charge in [-0.15, -0.1) is 0 Å². The number of nitrogens with zero attached hydrogens (tertiary/aromatic N) is 3. The van der Waals surface area contributed by atoms with Gasteiger partial charge in [0.1, 0.15) is 0 Å². The molecule has 0 unspecified atom stereocenters. The lowest BCUT2D eigenvalue weighted by atomic mass is 9.70. The van der Waals surface area contributed by atoms with Gasteiger partial charge in [-0.1, -0.05) is 60.7 Å². The predicted octanol–water partition coefficient (Wildman–Crippen LogP) is 4.95. The Balaban J connectivity index is 1.56. The number of hydrogen-bond donors (Lipinski definition) is 1. The Labute approximate surface area is 180 Å². The fourth-order valence-electron chi connectivity index (χ4n) is 4.96. The van der Waals surface area contributed by atoms with Gasteiger partial charge in [-0.05, 0) is 46.0 Å². The van der Waals surface area contributed by atoms with Crippen LogP contribution in [0.1, 0.15) is 26.5 Å². The average molecular weight is 394 g/mol. The van der Waals surface area contributed by atoms with Crippen molar-refractivity contribution >= 4 is 5.69 Å². The van der Waals surface area contributed by atoms with E-state index in [1.807, 2.05) is 29.3 Å². The van der Waals surface area contributed by atoms with Gasteiger partial charge in [0.05, 0.1) is 17.8 Å². The molecule has 146 valence electrons. The maximum absolute atomic E-state index is 7.72. The molecule has 2 heterocycles. The molecule has 2 aliphatic rings. The molecule has 4 nitrogen and oxygen atoms in total. The van der Waals surface area contributed by atoms with Crippen LogP contribution in [0.2, 0.25) is 0 Å². The summed E-state index contributed by atoms with van der Waals surface area (Å²) in [7, 11) is 0. The molecule has 0 saturated heterocycles. The second-order valence-corrected chi connectivity index (χ2v) is 7.74. The zero-order chi connectivity index (χ0) is 22.6. The van der Waals surface area contributed by atoms with E-state index in [2.05, 4.69) is 70.9 Å². The van der Waals surface area contributed by atoms with Gasteiger partial charge in [0.2, 0.25) is 0 Å². The molecule has 6 rings (SSSR count). The van der Waals surface area contributed by atoms with Crippen LogP contribution in [0.4, 0.5) is 5.69 Å². The minimum Gasteiger partial charge on any atom is -0.361 e. The first-order valence-corrected chi connectivity index (χ1v) is 10.0. The molecule has 0 radical (unpaired) electrons. The van der Waals surface area contributed by atoms with Crippen molar-refractivity contribution in [3.8, 4) is 11.1 Å². The molecule has 0 fully saturated rings. The van der Waals surface area contributed by atoms with E-state index in [1.165, 1.54) is 27.2 Å². The van der Waals surface area contributed by atoms with Crippen molar-refractivity contribution in [2.75, 3.05) is 18.5 Å². The number of rotatable bonds is 3. The number of aromatic amines is 1. The van der Waals surface area contributed by atoms with Crippen molar-refractivity contribution in [3.63, 3.8) is 0 Å². The summed E-state index contributed by atoms with van der Waals surface area (Å²) in [6.45, 7) is -1.88. The molecule has 1 N–H and O–H groups in total. The van der Waals surface area contributed by atoms with Crippen LogP contribution >= 0.6 is 0 Å². The SMILES string of the molecule is [2H]C([2H])([2H])N1C=CN(c2cccc(C3(c4ccn[nH]4)c4ccccc4-c4ccccc43)c2)C1. The monoisotopic (exact) mass is 393 g/mol. The molecule has 30 heavy (non-hydrogen) atoms. The molecule has 0 amide bonds. The van der Waals surface area contributed by atoms with Crippen LogP contribution in [0.25, 0.3) is 11.1 Å². The number of nitrogens with one attached hydrogen (secondary N) is 1. The zero-order valence-electron chi connectivity index (χ0n) is 19.3. The maximum atomic E-state index is 7.72. The topological polar surface area (TPSA) is 35.2 Å². The second-order valence-electron chi connectivity index (χ2n) is 7.74. The Morgan fingerprint density at radius 1 is 0.900 bits per heavy atom. The number of hydrogen-bond acceptors (Lipinski definition) is 3. The molecular formula is C26H22N4. The van der Waals surface area contributed by atoms with E-state index in [4.69, 9.17) is 4.11 Å². The molecule has 3 aromatic carbocycles. The zero-order valence-corrected chi connectivity index (χ0v) is 16.3. The molecule has 0 saturated carbocycles. The Kier molecular flexibility index (Phi) is 3.02. The number of benzene rings is 3. The highest BCUT2D eigenvalue weighted by molar-refractivity contribution is 5.86. The van der Waals surface area contributed by atoms with E-state index in [0.717, 1.165) is 16.9 Å². The lowest BCUT2D eigenvalue weighted by Gasteiger charge is -2.32. The number of H-pyrrole nitrogens is 1. The first-order chi connectivity index (χ1) is 16.0. The second kappa shape index (κ2) is 6.36. The molecule has 0 atom stereocenters. The van der Waals surface area contributed by atoms with E-state index in [-0.39, 0.29) is 6.67 Å². The van der Waals surface area contributed by atoms with Crippen molar-refractivity contribution < 1.29 is 4.11 Å². The number of aromatic nitrogens is 2. The molecule has 1 aliphatic heterocycles. The molecule has 1 aliphatic carbocycles. The Bertz CT molecular complexity index is 1310. The maximum Gasteiger partial charge on any atom is 0.0938 e. The van der Waals surface area contributed by atoms with E-state index < -0.39 is 12.4 Å². The summed E-state index contributed by atoms with van der Waals surface area (Å²) in [6.07, 6.45) is 5.25. The highest BCUT2D eigenvalue weighted by atomic mass is 15.3. The van der Waals surface area contributed by atoms with Gasteiger partial charge in [-0.2, -0.15) is 5.10 Å². The summed E-state index contributed by atoms with van der Waals surface area (Å²) >= 11 is 0. The van der Waals surface area contributed by atoms with E-state index >= 15 is 0 Å². The van der Waals surface area contributed by atoms with Crippen LogP contribution in [-0.4, -0.2) is 28.7 Å².